The number of hydrogen-bond acceptors (Lipinski definition) is 6. The maximum absolute atomic E-state index is 12.6. The zero-order chi connectivity index (χ0) is 21.3. The Morgan fingerprint density at radius 3 is 2.67 bits per heavy atom. The highest BCUT2D eigenvalue weighted by atomic mass is 16.5. The highest BCUT2D eigenvalue weighted by Gasteiger charge is 2.28. The summed E-state index contributed by atoms with van der Waals surface area (Å²) >= 11 is 0. The van der Waals surface area contributed by atoms with Crippen LogP contribution < -0.4 is 14.4 Å². The van der Waals surface area contributed by atoms with Crippen molar-refractivity contribution in [2.24, 2.45) is 0 Å². The Bertz CT molecular complexity index is 830. The normalized spacial score (nSPS) is 16.4. The van der Waals surface area contributed by atoms with Gasteiger partial charge in [0.05, 0.1) is 7.11 Å². The van der Waals surface area contributed by atoms with E-state index in [9.17, 15) is 4.79 Å². The van der Waals surface area contributed by atoms with E-state index >= 15 is 0 Å². The molecule has 0 spiro atoms. The third-order valence-electron chi connectivity index (χ3n) is 5.43. The third-order valence-corrected chi connectivity index (χ3v) is 5.43. The van der Waals surface area contributed by atoms with Gasteiger partial charge in [-0.1, -0.05) is 38.3 Å². The summed E-state index contributed by atoms with van der Waals surface area (Å²) in [5, 5.41) is 0. The zero-order valence-corrected chi connectivity index (χ0v) is 18.2. The summed E-state index contributed by atoms with van der Waals surface area (Å²) in [4.78, 5) is 25.4. The molecule has 7 nitrogen and oxygen atoms in total. The summed E-state index contributed by atoms with van der Waals surface area (Å²) in [6, 6.07) is 9.45. The van der Waals surface area contributed by atoms with E-state index in [1.807, 2.05) is 35.2 Å². The SMILES string of the molecule is CCCCCCC(=O)N1CCN(c2cc(Oc3ccccc3OC)ncn2)CC1C. The second-order valence-corrected chi connectivity index (χ2v) is 7.66. The van der Waals surface area contributed by atoms with Crippen molar-refractivity contribution in [1.29, 1.82) is 0 Å². The third kappa shape index (κ3) is 5.62. The first-order valence-electron chi connectivity index (χ1n) is 10.8. The summed E-state index contributed by atoms with van der Waals surface area (Å²) in [6.45, 7) is 6.48. The topological polar surface area (TPSA) is 67.8 Å². The molecule has 1 aliphatic heterocycles. The largest absolute Gasteiger partial charge is 0.493 e. The number of carbonyl (C=O) groups excluding carboxylic acids is 1. The summed E-state index contributed by atoms with van der Waals surface area (Å²) < 4.78 is 11.3. The molecule has 0 aliphatic carbocycles. The van der Waals surface area contributed by atoms with E-state index in [1.54, 1.807) is 7.11 Å². The lowest BCUT2D eigenvalue weighted by molar-refractivity contribution is -0.133. The molecular formula is C23H32N4O3. The van der Waals surface area contributed by atoms with E-state index < -0.39 is 0 Å². The van der Waals surface area contributed by atoms with Gasteiger partial charge in [-0.15, -0.1) is 0 Å². The van der Waals surface area contributed by atoms with Crippen LogP contribution in [0.4, 0.5) is 5.82 Å². The van der Waals surface area contributed by atoms with Gasteiger partial charge in [-0.05, 0) is 25.5 Å². The van der Waals surface area contributed by atoms with E-state index in [1.165, 1.54) is 19.2 Å². The number of para-hydroxylation sites is 2. The quantitative estimate of drug-likeness (QED) is 0.573. The molecule has 7 heteroatoms. The minimum atomic E-state index is 0.144. The number of anilines is 1. The summed E-state index contributed by atoms with van der Waals surface area (Å²) in [6.07, 6.45) is 6.65. The Morgan fingerprint density at radius 1 is 1.13 bits per heavy atom. The molecule has 1 saturated heterocycles. The molecule has 1 aromatic heterocycles. The standard InChI is InChI=1S/C23H32N4O3/c1-4-5-6-7-12-23(28)27-14-13-26(16-18(27)2)21-15-22(25-17-24-21)30-20-11-9-8-10-19(20)29-3/h8-11,15,17-18H,4-7,12-14,16H2,1-3H3. The van der Waals surface area contributed by atoms with Crippen molar-refractivity contribution in [1.82, 2.24) is 14.9 Å². The van der Waals surface area contributed by atoms with Gasteiger partial charge in [-0.25, -0.2) is 9.97 Å². The van der Waals surface area contributed by atoms with Crippen LogP contribution in [0.25, 0.3) is 0 Å². The van der Waals surface area contributed by atoms with Gasteiger partial charge < -0.3 is 19.3 Å². The van der Waals surface area contributed by atoms with Gasteiger partial charge in [-0.2, -0.15) is 0 Å². The van der Waals surface area contributed by atoms with Crippen molar-refractivity contribution in [2.75, 3.05) is 31.6 Å². The fourth-order valence-corrected chi connectivity index (χ4v) is 3.76. The second-order valence-electron chi connectivity index (χ2n) is 7.66. The van der Waals surface area contributed by atoms with E-state index in [4.69, 9.17) is 9.47 Å². The number of amides is 1. The number of ether oxygens (including phenoxy) is 2. The van der Waals surface area contributed by atoms with E-state index in [0.717, 1.165) is 31.7 Å². The van der Waals surface area contributed by atoms with Crippen LogP contribution in [0.5, 0.6) is 17.4 Å². The Hall–Kier alpha value is -2.83. The molecule has 0 radical (unpaired) electrons. The summed E-state index contributed by atoms with van der Waals surface area (Å²) in [7, 11) is 1.61. The van der Waals surface area contributed by atoms with Crippen LogP contribution in [0.2, 0.25) is 0 Å². The number of nitrogens with zero attached hydrogens (tertiary/aromatic N) is 4. The molecule has 1 amide bonds. The lowest BCUT2D eigenvalue weighted by atomic mass is 10.1. The van der Waals surface area contributed by atoms with Crippen LogP contribution in [0.3, 0.4) is 0 Å². The average molecular weight is 413 g/mol. The van der Waals surface area contributed by atoms with Gasteiger partial charge in [0.2, 0.25) is 11.8 Å². The molecule has 1 aromatic carbocycles. The zero-order valence-electron chi connectivity index (χ0n) is 18.2. The van der Waals surface area contributed by atoms with E-state index in [-0.39, 0.29) is 11.9 Å². The van der Waals surface area contributed by atoms with Gasteiger partial charge in [0, 0.05) is 38.2 Å². The van der Waals surface area contributed by atoms with Crippen LogP contribution in [-0.4, -0.2) is 53.6 Å². The molecule has 1 aliphatic rings. The van der Waals surface area contributed by atoms with Crippen molar-refractivity contribution in [3.8, 4) is 17.4 Å². The molecule has 162 valence electrons. The number of piperazine rings is 1. The summed E-state index contributed by atoms with van der Waals surface area (Å²) in [5.41, 5.74) is 0. The van der Waals surface area contributed by atoms with Crippen molar-refractivity contribution < 1.29 is 14.3 Å². The molecule has 2 heterocycles. The molecule has 0 bridgehead atoms. The predicted molar refractivity (Wildman–Crippen MR) is 117 cm³/mol. The second kappa shape index (κ2) is 10.8. The first-order chi connectivity index (χ1) is 14.6. The summed E-state index contributed by atoms with van der Waals surface area (Å²) in [5.74, 6) is 2.79. The molecule has 1 unspecified atom stereocenters. The van der Waals surface area contributed by atoms with Crippen LogP contribution in [0, 0.1) is 0 Å². The minimum absolute atomic E-state index is 0.144. The Labute approximate surface area is 179 Å². The first kappa shape index (κ1) is 21.9. The van der Waals surface area contributed by atoms with Crippen molar-refractivity contribution in [3.63, 3.8) is 0 Å². The van der Waals surface area contributed by atoms with Gasteiger partial charge in [0.25, 0.3) is 0 Å². The average Bonchev–Trinajstić information content (AvgIpc) is 2.77. The fourth-order valence-electron chi connectivity index (χ4n) is 3.76. The van der Waals surface area contributed by atoms with E-state index in [2.05, 4.69) is 28.7 Å². The van der Waals surface area contributed by atoms with Gasteiger partial charge in [0.1, 0.15) is 12.1 Å². The van der Waals surface area contributed by atoms with Crippen LogP contribution in [-0.2, 0) is 4.79 Å². The van der Waals surface area contributed by atoms with Crippen molar-refractivity contribution >= 4 is 11.7 Å². The van der Waals surface area contributed by atoms with Gasteiger partial charge in [-0.3, -0.25) is 4.79 Å². The smallest absolute Gasteiger partial charge is 0.224 e. The highest BCUT2D eigenvalue weighted by Crippen LogP contribution is 2.31. The van der Waals surface area contributed by atoms with E-state index in [0.29, 0.717) is 30.3 Å². The number of carbonyl (C=O) groups is 1. The Balaban J connectivity index is 1.60. The number of benzene rings is 1. The monoisotopic (exact) mass is 412 g/mol. The van der Waals surface area contributed by atoms with Crippen molar-refractivity contribution in [2.45, 2.75) is 52.0 Å². The minimum Gasteiger partial charge on any atom is -0.493 e. The maximum Gasteiger partial charge on any atom is 0.224 e. The number of rotatable bonds is 9. The number of hydrogen-bond donors (Lipinski definition) is 0. The van der Waals surface area contributed by atoms with Crippen LogP contribution in [0.1, 0.15) is 46.0 Å². The molecular weight excluding hydrogens is 380 g/mol. The number of methoxy groups -OCH3 is 1. The highest BCUT2D eigenvalue weighted by molar-refractivity contribution is 5.76. The fraction of sp³-hybridized carbons (Fsp3) is 0.522. The van der Waals surface area contributed by atoms with Crippen LogP contribution in [0.15, 0.2) is 36.7 Å². The molecule has 2 aromatic rings. The Kier molecular flexibility index (Phi) is 7.88. The molecule has 3 rings (SSSR count). The number of unbranched alkanes of at least 4 members (excludes halogenated alkanes) is 3. The molecule has 1 atom stereocenters. The number of aromatic nitrogens is 2. The molecule has 30 heavy (non-hydrogen) atoms. The maximum atomic E-state index is 12.6. The van der Waals surface area contributed by atoms with Crippen molar-refractivity contribution in [3.05, 3.63) is 36.7 Å². The first-order valence-corrected chi connectivity index (χ1v) is 10.8. The molecule has 1 fully saturated rings. The van der Waals surface area contributed by atoms with Gasteiger partial charge >= 0.3 is 0 Å². The lowest BCUT2D eigenvalue weighted by Crippen LogP contribution is -2.54. The predicted octanol–water partition coefficient (Wildman–Crippen LogP) is 4.29. The molecule has 0 saturated carbocycles. The molecule has 0 N–H and O–H groups in total. The Morgan fingerprint density at radius 2 is 1.93 bits per heavy atom. The van der Waals surface area contributed by atoms with Crippen LogP contribution >= 0.6 is 0 Å². The van der Waals surface area contributed by atoms with Gasteiger partial charge in [0.15, 0.2) is 11.5 Å². The lowest BCUT2D eigenvalue weighted by Gasteiger charge is -2.40.